The van der Waals surface area contributed by atoms with Crippen molar-refractivity contribution in [2.45, 2.75) is 31.7 Å². The molecule has 1 unspecified atom stereocenters. The zero-order valence-corrected chi connectivity index (χ0v) is 12.9. The number of anilines is 1. The summed E-state index contributed by atoms with van der Waals surface area (Å²) in [6.07, 6.45) is 2.37. The third-order valence-corrected chi connectivity index (χ3v) is 4.66. The maximum Gasteiger partial charge on any atom is 0.252 e. The zero-order valence-electron chi connectivity index (χ0n) is 11.4. The number of halogens is 1. The van der Waals surface area contributed by atoms with Gasteiger partial charge in [0.05, 0.1) is 0 Å². The van der Waals surface area contributed by atoms with Crippen LogP contribution in [-0.2, 0) is 9.59 Å². The minimum absolute atomic E-state index is 0.00366. The van der Waals surface area contributed by atoms with Crippen molar-refractivity contribution in [3.05, 3.63) is 28.7 Å². The molecule has 106 valence electrons. The average Bonchev–Trinajstić information content (AvgIpc) is 3.22. The summed E-state index contributed by atoms with van der Waals surface area (Å²) in [5.41, 5.74) is 0.0864. The van der Waals surface area contributed by atoms with Gasteiger partial charge in [-0.3, -0.25) is 9.59 Å². The maximum absolute atomic E-state index is 12.9. The van der Waals surface area contributed by atoms with E-state index in [2.05, 4.69) is 21.2 Å². The molecule has 2 fully saturated rings. The molecule has 1 atom stereocenters. The van der Waals surface area contributed by atoms with Crippen LogP contribution in [0.25, 0.3) is 0 Å². The van der Waals surface area contributed by atoms with Gasteiger partial charge in [0.15, 0.2) is 0 Å². The minimum Gasteiger partial charge on any atom is -0.342 e. The molecular weight excluding hydrogens is 320 g/mol. The molecule has 1 aliphatic carbocycles. The molecule has 1 saturated heterocycles. The SMILES string of the molecule is CC1(C2CC2)NC(=O)CCN(c2cccc(Br)c2)C1=O. The second-order valence-corrected chi connectivity index (χ2v) is 6.63. The molecule has 1 heterocycles. The average molecular weight is 337 g/mol. The van der Waals surface area contributed by atoms with E-state index in [1.54, 1.807) is 4.90 Å². The van der Waals surface area contributed by atoms with E-state index in [0.717, 1.165) is 23.0 Å². The first-order valence-corrected chi connectivity index (χ1v) is 7.68. The fourth-order valence-corrected chi connectivity index (χ4v) is 3.22. The lowest BCUT2D eigenvalue weighted by molar-refractivity contribution is -0.130. The molecule has 4 nitrogen and oxygen atoms in total. The number of nitrogens with one attached hydrogen (secondary N) is 1. The van der Waals surface area contributed by atoms with Gasteiger partial charge in [0.25, 0.3) is 5.91 Å². The van der Waals surface area contributed by atoms with Crippen molar-refractivity contribution in [3.8, 4) is 0 Å². The highest BCUT2D eigenvalue weighted by molar-refractivity contribution is 9.10. The number of hydrogen-bond acceptors (Lipinski definition) is 2. The lowest BCUT2D eigenvalue weighted by Gasteiger charge is -2.32. The van der Waals surface area contributed by atoms with Crippen molar-refractivity contribution in [1.82, 2.24) is 5.32 Å². The van der Waals surface area contributed by atoms with Gasteiger partial charge in [-0.15, -0.1) is 0 Å². The summed E-state index contributed by atoms with van der Waals surface area (Å²) >= 11 is 3.43. The van der Waals surface area contributed by atoms with Crippen LogP contribution < -0.4 is 10.2 Å². The smallest absolute Gasteiger partial charge is 0.252 e. The number of hydrogen-bond donors (Lipinski definition) is 1. The van der Waals surface area contributed by atoms with Gasteiger partial charge in [0.2, 0.25) is 5.91 Å². The van der Waals surface area contributed by atoms with Gasteiger partial charge in [-0.25, -0.2) is 0 Å². The normalized spacial score (nSPS) is 27.2. The molecule has 20 heavy (non-hydrogen) atoms. The first-order chi connectivity index (χ1) is 9.50. The van der Waals surface area contributed by atoms with Gasteiger partial charge < -0.3 is 10.2 Å². The third-order valence-electron chi connectivity index (χ3n) is 4.16. The summed E-state index contributed by atoms with van der Waals surface area (Å²) < 4.78 is 0.930. The Kier molecular flexibility index (Phi) is 3.32. The van der Waals surface area contributed by atoms with Crippen molar-refractivity contribution < 1.29 is 9.59 Å². The summed E-state index contributed by atoms with van der Waals surface area (Å²) in [5.74, 6) is 0.237. The van der Waals surface area contributed by atoms with Crippen molar-refractivity contribution in [3.63, 3.8) is 0 Å². The summed E-state index contributed by atoms with van der Waals surface area (Å²) in [6, 6.07) is 7.66. The Morgan fingerprint density at radius 3 is 2.75 bits per heavy atom. The van der Waals surface area contributed by atoms with Crippen LogP contribution in [0, 0.1) is 5.92 Å². The molecule has 1 aromatic rings. The third kappa shape index (κ3) is 2.35. The van der Waals surface area contributed by atoms with Crippen LogP contribution in [0.3, 0.4) is 0 Å². The predicted octanol–water partition coefficient (Wildman–Crippen LogP) is 2.47. The highest BCUT2D eigenvalue weighted by Gasteiger charge is 2.51. The topological polar surface area (TPSA) is 49.4 Å². The van der Waals surface area contributed by atoms with E-state index >= 15 is 0 Å². The quantitative estimate of drug-likeness (QED) is 0.901. The molecule has 0 spiro atoms. The number of rotatable bonds is 2. The molecule has 0 radical (unpaired) electrons. The Hall–Kier alpha value is -1.36. The van der Waals surface area contributed by atoms with Crippen LogP contribution in [-0.4, -0.2) is 23.9 Å². The number of nitrogens with zero attached hydrogens (tertiary/aromatic N) is 1. The first-order valence-electron chi connectivity index (χ1n) is 6.89. The molecule has 1 aliphatic heterocycles. The van der Waals surface area contributed by atoms with Gasteiger partial charge in [0.1, 0.15) is 5.54 Å². The van der Waals surface area contributed by atoms with Crippen molar-refractivity contribution in [1.29, 1.82) is 0 Å². The van der Waals surface area contributed by atoms with Gasteiger partial charge >= 0.3 is 0 Å². The highest BCUT2D eigenvalue weighted by Crippen LogP contribution is 2.42. The van der Waals surface area contributed by atoms with E-state index in [9.17, 15) is 9.59 Å². The summed E-state index contributed by atoms with van der Waals surface area (Å²) in [7, 11) is 0. The fraction of sp³-hybridized carbons (Fsp3) is 0.467. The minimum atomic E-state index is -0.754. The molecule has 1 N–H and O–H groups in total. The Morgan fingerprint density at radius 1 is 1.35 bits per heavy atom. The van der Waals surface area contributed by atoms with E-state index in [1.807, 2.05) is 31.2 Å². The number of amides is 2. The lowest BCUT2D eigenvalue weighted by Crippen LogP contribution is -2.56. The van der Waals surface area contributed by atoms with E-state index in [0.29, 0.717) is 13.0 Å². The predicted molar refractivity (Wildman–Crippen MR) is 80.4 cm³/mol. The molecule has 3 rings (SSSR count). The van der Waals surface area contributed by atoms with Crippen molar-refractivity contribution >= 4 is 33.4 Å². The van der Waals surface area contributed by atoms with Crippen LogP contribution in [0.4, 0.5) is 5.69 Å². The molecule has 2 aliphatic rings. The Bertz CT molecular complexity index is 571. The Labute approximate surface area is 126 Å². The Morgan fingerprint density at radius 2 is 2.10 bits per heavy atom. The lowest BCUT2D eigenvalue weighted by atomic mass is 9.94. The van der Waals surface area contributed by atoms with E-state index in [-0.39, 0.29) is 17.7 Å². The van der Waals surface area contributed by atoms with E-state index < -0.39 is 5.54 Å². The van der Waals surface area contributed by atoms with Gasteiger partial charge in [-0.2, -0.15) is 0 Å². The summed E-state index contributed by atoms with van der Waals surface area (Å²) in [4.78, 5) is 26.6. The zero-order chi connectivity index (χ0) is 14.3. The fourth-order valence-electron chi connectivity index (χ4n) is 2.83. The molecule has 0 bridgehead atoms. The molecular formula is C15H17BrN2O2. The number of carbonyl (C=O) groups is 2. The summed E-state index contributed by atoms with van der Waals surface area (Å²) in [6.45, 7) is 2.30. The van der Waals surface area contributed by atoms with Gasteiger partial charge in [-0.1, -0.05) is 22.0 Å². The maximum atomic E-state index is 12.9. The second kappa shape index (κ2) is 4.88. The van der Waals surface area contributed by atoms with E-state index in [1.165, 1.54) is 0 Å². The molecule has 2 amide bonds. The van der Waals surface area contributed by atoms with Gasteiger partial charge in [-0.05, 0) is 43.9 Å². The van der Waals surface area contributed by atoms with Crippen LogP contribution in [0.1, 0.15) is 26.2 Å². The number of carbonyl (C=O) groups excluding carboxylic acids is 2. The van der Waals surface area contributed by atoms with E-state index in [4.69, 9.17) is 0 Å². The molecule has 5 heteroatoms. The van der Waals surface area contributed by atoms with Crippen LogP contribution >= 0.6 is 15.9 Å². The molecule has 1 aromatic carbocycles. The van der Waals surface area contributed by atoms with Crippen molar-refractivity contribution in [2.75, 3.05) is 11.4 Å². The van der Waals surface area contributed by atoms with Crippen LogP contribution in [0.5, 0.6) is 0 Å². The highest BCUT2D eigenvalue weighted by atomic mass is 79.9. The second-order valence-electron chi connectivity index (χ2n) is 5.71. The van der Waals surface area contributed by atoms with Crippen molar-refractivity contribution in [2.24, 2.45) is 5.92 Å². The Balaban J connectivity index is 1.97. The standard InChI is InChI=1S/C15H17BrN2O2/c1-15(10-5-6-10)14(20)18(8-7-13(19)17-15)12-4-2-3-11(16)9-12/h2-4,9-10H,5-8H2,1H3,(H,17,19). The first kappa shape index (κ1) is 13.6. The largest absolute Gasteiger partial charge is 0.342 e. The summed E-state index contributed by atoms with van der Waals surface area (Å²) in [5, 5.41) is 2.94. The number of benzene rings is 1. The monoisotopic (exact) mass is 336 g/mol. The van der Waals surface area contributed by atoms with Crippen LogP contribution in [0.2, 0.25) is 0 Å². The molecule has 1 saturated carbocycles. The van der Waals surface area contributed by atoms with Crippen LogP contribution in [0.15, 0.2) is 28.7 Å². The van der Waals surface area contributed by atoms with Gasteiger partial charge in [0, 0.05) is 23.1 Å². The molecule has 0 aromatic heterocycles.